The molecule has 0 aromatic rings. The Kier molecular flexibility index (Phi) is 52.1. The van der Waals surface area contributed by atoms with Gasteiger partial charge < -0.3 is 14.2 Å². The summed E-state index contributed by atoms with van der Waals surface area (Å²) in [5.41, 5.74) is 0. The zero-order chi connectivity index (χ0) is 50.0. The molecule has 0 amide bonds. The molecule has 0 aromatic carbocycles. The molecule has 0 saturated heterocycles. The molecule has 386 valence electrons. The zero-order valence-corrected chi connectivity index (χ0v) is 44.0. The van der Waals surface area contributed by atoms with Crippen LogP contribution in [0.2, 0.25) is 0 Å². The number of allylic oxidation sites excluding steroid dienone is 24. The summed E-state index contributed by atoms with van der Waals surface area (Å²) in [6.07, 6.45) is 79.8. The van der Waals surface area contributed by atoms with Gasteiger partial charge in [-0.25, -0.2) is 0 Å². The van der Waals surface area contributed by atoms with Crippen LogP contribution in [0, 0.1) is 0 Å². The Labute approximate surface area is 423 Å². The van der Waals surface area contributed by atoms with Gasteiger partial charge in [0.05, 0.1) is 0 Å². The van der Waals surface area contributed by atoms with Crippen molar-refractivity contribution in [3.8, 4) is 0 Å². The summed E-state index contributed by atoms with van der Waals surface area (Å²) in [6, 6.07) is 0. The molecule has 0 spiro atoms. The normalized spacial score (nSPS) is 13.3. The number of carbonyl (C=O) groups excluding carboxylic acids is 3. The van der Waals surface area contributed by atoms with Gasteiger partial charge in [-0.3, -0.25) is 14.4 Å². The van der Waals surface area contributed by atoms with E-state index in [9.17, 15) is 14.4 Å². The van der Waals surface area contributed by atoms with E-state index in [4.69, 9.17) is 14.2 Å². The lowest BCUT2D eigenvalue weighted by Gasteiger charge is -2.18. The van der Waals surface area contributed by atoms with E-state index >= 15 is 0 Å². The van der Waals surface area contributed by atoms with E-state index < -0.39 is 6.10 Å². The lowest BCUT2D eigenvalue weighted by molar-refractivity contribution is -0.167. The van der Waals surface area contributed by atoms with E-state index in [0.717, 1.165) is 161 Å². The first-order valence-corrected chi connectivity index (χ1v) is 27.3. The Bertz CT molecular complexity index is 1560. The van der Waals surface area contributed by atoms with Crippen LogP contribution in [0.25, 0.3) is 0 Å². The summed E-state index contributed by atoms with van der Waals surface area (Å²) in [5, 5.41) is 0. The van der Waals surface area contributed by atoms with Crippen LogP contribution in [-0.2, 0) is 28.6 Å². The van der Waals surface area contributed by atoms with Gasteiger partial charge in [-0.05, 0) is 135 Å². The van der Waals surface area contributed by atoms with E-state index in [2.05, 4.69) is 167 Å². The van der Waals surface area contributed by atoms with Gasteiger partial charge in [-0.1, -0.05) is 205 Å². The summed E-state index contributed by atoms with van der Waals surface area (Å²) in [5.74, 6) is -1.00. The van der Waals surface area contributed by atoms with Gasteiger partial charge in [-0.15, -0.1) is 0 Å². The monoisotopic (exact) mass is 951 g/mol. The maximum Gasteiger partial charge on any atom is 0.306 e. The first kappa shape index (κ1) is 64.3. The fourth-order valence-corrected chi connectivity index (χ4v) is 6.77. The van der Waals surface area contributed by atoms with Gasteiger partial charge in [-0.2, -0.15) is 0 Å². The second-order valence-electron chi connectivity index (χ2n) is 17.4. The van der Waals surface area contributed by atoms with Crippen molar-refractivity contribution in [1.29, 1.82) is 0 Å². The second-order valence-corrected chi connectivity index (χ2v) is 17.4. The van der Waals surface area contributed by atoms with E-state index in [1.807, 2.05) is 0 Å². The number of hydrogen-bond donors (Lipinski definition) is 0. The summed E-state index contributed by atoms with van der Waals surface area (Å²) < 4.78 is 16.7. The van der Waals surface area contributed by atoms with Crippen LogP contribution in [0.5, 0.6) is 0 Å². The van der Waals surface area contributed by atoms with Gasteiger partial charge in [0.25, 0.3) is 0 Å². The molecule has 0 N–H and O–H groups in total. The van der Waals surface area contributed by atoms with E-state index in [-0.39, 0.29) is 37.5 Å². The zero-order valence-electron chi connectivity index (χ0n) is 44.0. The van der Waals surface area contributed by atoms with E-state index in [1.54, 1.807) is 0 Å². The lowest BCUT2D eigenvalue weighted by Crippen LogP contribution is -2.30. The minimum atomic E-state index is -0.819. The van der Waals surface area contributed by atoms with Crippen LogP contribution in [0.3, 0.4) is 0 Å². The topological polar surface area (TPSA) is 78.9 Å². The first-order valence-electron chi connectivity index (χ1n) is 27.3. The molecule has 1 unspecified atom stereocenters. The Balaban J connectivity index is 4.46. The third kappa shape index (κ3) is 54.1. The highest BCUT2D eigenvalue weighted by molar-refractivity contribution is 5.71. The summed E-state index contributed by atoms with van der Waals surface area (Å²) in [7, 11) is 0. The van der Waals surface area contributed by atoms with Crippen molar-refractivity contribution in [2.24, 2.45) is 0 Å². The molecular weight excluding hydrogens is 853 g/mol. The molecule has 0 rings (SSSR count). The maximum absolute atomic E-state index is 12.8. The van der Waals surface area contributed by atoms with Crippen LogP contribution in [-0.4, -0.2) is 37.2 Å². The summed E-state index contributed by atoms with van der Waals surface area (Å²) in [6.45, 7) is 6.25. The number of unbranched alkanes of at least 4 members (excludes halogenated alkanes) is 12. The van der Waals surface area contributed by atoms with Gasteiger partial charge in [0.2, 0.25) is 0 Å². The predicted molar refractivity (Wildman–Crippen MR) is 297 cm³/mol. The fourth-order valence-electron chi connectivity index (χ4n) is 6.77. The first-order chi connectivity index (χ1) is 34.0. The maximum atomic E-state index is 12.8. The molecule has 0 fully saturated rings. The van der Waals surface area contributed by atoms with Crippen molar-refractivity contribution in [2.45, 2.75) is 219 Å². The van der Waals surface area contributed by atoms with Crippen LogP contribution in [0.1, 0.15) is 213 Å². The minimum absolute atomic E-state index is 0.114. The van der Waals surface area contributed by atoms with E-state index in [0.29, 0.717) is 19.3 Å². The molecule has 6 heteroatoms. The molecule has 0 aliphatic carbocycles. The smallest absolute Gasteiger partial charge is 0.306 e. The molecule has 69 heavy (non-hydrogen) atoms. The molecule has 0 heterocycles. The van der Waals surface area contributed by atoms with Gasteiger partial charge in [0, 0.05) is 19.3 Å². The van der Waals surface area contributed by atoms with Gasteiger partial charge in [0.1, 0.15) is 13.2 Å². The van der Waals surface area contributed by atoms with Crippen molar-refractivity contribution in [1.82, 2.24) is 0 Å². The number of ether oxygens (including phenoxy) is 3. The predicted octanol–water partition coefficient (Wildman–Crippen LogP) is 18.4. The lowest BCUT2D eigenvalue weighted by atomic mass is 10.1. The third-order valence-corrected chi connectivity index (χ3v) is 10.8. The number of hydrogen-bond acceptors (Lipinski definition) is 6. The molecule has 0 radical (unpaired) electrons. The highest BCUT2D eigenvalue weighted by Crippen LogP contribution is 2.12. The molecule has 0 aliphatic rings. The molecule has 0 aromatic heterocycles. The number of esters is 3. The number of rotatable bonds is 47. The molecule has 1 atom stereocenters. The van der Waals surface area contributed by atoms with E-state index in [1.165, 1.54) is 6.42 Å². The Hall–Kier alpha value is -4.71. The van der Waals surface area contributed by atoms with Crippen LogP contribution >= 0.6 is 0 Å². The van der Waals surface area contributed by atoms with Crippen molar-refractivity contribution >= 4 is 17.9 Å². The SMILES string of the molecule is CC/C=C\C/C=C\C/C=C\C/C=C\C/C=C\C/C=C\C/C=C\CCCCCC(=O)OCC(COC(=O)CCCCCCC/C=C\C/C=C\CCC)OC(=O)CCCCC/C=C\C/C=C\C/C=C\CC. The molecular formula is C63H98O6. The Morgan fingerprint density at radius 1 is 0.304 bits per heavy atom. The standard InChI is InChI=1S/C63H98O6/c1-4-7-10-13-16-19-22-25-26-27-28-29-30-31-32-33-34-35-36-39-41-44-47-50-53-56-62(65)68-59-60(69-63(66)57-54-51-48-45-42-38-24-21-18-15-12-9-6-3)58-67-61(64)55-52-49-46-43-40-37-23-20-17-14-11-8-5-2/h7,9-12,14,16,18-21,23,25-26,28-29,31-32,34-35,38-39,41-42,60H,4-6,8,13,15,17,22,24,27,30,33,36-37,40,43-59H2,1-3H3/b10-7-,12-9-,14-11-,19-16-,21-18-,23-20-,26-25-,29-28-,32-31-,35-34-,41-39-,42-38-. The minimum Gasteiger partial charge on any atom is -0.462 e. The average molecular weight is 951 g/mol. The third-order valence-electron chi connectivity index (χ3n) is 10.8. The summed E-state index contributed by atoms with van der Waals surface area (Å²) in [4.78, 5) is 38.0. The molecule has 0 saturated carbocycles. The van der Waals surface area contributed by atoms with Gasteiger partial charge in [0.15, 0.2) is 6.10 Å². The highest BCUT2D eigenvalue weighted by Gasteiger charge is 2.19. The number of carbonyl (C=O) groups is 3. The van der Waals surface area contributed by atoms with Crippen molar-refractivity contribution in [3.63, 3.8) is 0 Å². The Morgan fingerprint density at radius 2 is 0.565 bits per heavy atom. The van der Waals surface area contributed by atoms with Gasteiger partial charge >= 0.3 is 17.9 Å². The molecule has 0 aliphatic heterocycles. The van der Waals surface area contributed by atoms with Crippen molar-refractivity contribution in [2.75, 3.05) is 13.2 Å². The second kappa shape index (κ2) is 55.9. The average Bonchev–Trinajstić information content (AvgIpc) is 3.35. The van der Waals surface area contributed by atoms with Crippen LogP contribution in [0.4, 0.5) is 0 Å². The molecule has 6 nitrogen and oxygen atoms in total. The highest BCUT2D eigenvalue weighted by atomic mass is 16.6. The van der Waals surface area contributed by atoms with Crippen LogP contribution < -0.4 is 0 Å². The molecule has 0 bridgehead atoms. The Morgan fingerprint density at radius 3 is 0.899 bits per heavy atom. The fraction of sp³-hybridized carbons (Fsp3) is 0.571. The van der Waals surface area contributed by atoms with Crippen LogP contribution in [0.15, 0.2) is 146 Å². The largest absolute Gasteiger partial charge is 0.462 e. The van der Waals surface area contributed by atoms with Crippen molar-refractivity contribution in [3.05, 3.63) is 146 Å². The quantitative estimate of drug-likeness (QED) is 0.0262. The summed E-state index contributed by atoms with van der Waals surface area (Å²) >= 11 is 0. The van der Waals surface area contributed by atoms with Crippen molar-refractivity contribution < 1.29 is 28.6 Å².